The van der Waals surface area contributed by atoms with Gasteiger partial charge in [0.25, 0.3) is 11.8 Å². The molecule has 38 heavy (non-hydrogen) atoms. The Morgan fingerprint density at radius 2 is 1.24 bits per heavy atom. The van der Waals surface area contributed by atoms with Crippen molar-refractivity contribution in [2.45, 2.75) is 12.5 Å². The van der Waals surface area contributed by atoms with Gasteiger partial charge in [0.1, 0.15) is 0 Å². The van der Waals surface area contributed by atoms with Crippen LogP contribution in [0.1, 0.15) is 44.3 Å². The molecule has 0 aliphatic carbocycles. The Morgan fingerprint density at radius 1 is 0.605 bits per heavy atom. The third kappa shape index (κ3) is 3.59. The minimum atomic E-state index is -0.285. The van der Waals surface area contributed by atoms with E-state index in [1.54, 1.807) is 24.3 Å². The fourth-order valence-corrected chi connectivity index (χ4v) is 5.40. The van der Waals surface area contributed by atoms with Crippen LogP contribution in [0.4, 0.5) is 11.4 Å². The van der Waals surface area contributed by atoms with Crippen LogP contribution in [0.2, 0.25) is 0 Å². The summed E-state index contributed by atoms with van der Waals surface area (Å²) in [5.41, 5.74) is 5.66. The van der Waals surface area contributed by atoms with Crippen molar-refractivity contribution >= 4 is 39.7 Å². The first kappa shape index (κ1) is 22.2. The largest absolute Gasteiger partial charge is 0.268 e. The predicted molar refractivity (Wildman–Crippen MR) is 151 cm³/mol. The van der Waals surface area contributed by atoms with Crippen molar-refractivity contribution in [3.63, 3.8) is 0 Å². The van der Waals surface area contributed by atoms with Gasteiger partial charge in [-0.3, -0.25) is 14.6 Å². The minimum absolute atomic E-state index is 0.0184. The Labute approximate surface area is 220 Å². The highest BCUT2D eigenvalue weighted by Gasteiger charge is 2.36. The first-order valence-electron chi connectivity index (χ1n) is 12.7. The molecule has 0 saturated carbocycles. The van der Waals surface area contributed by atoms with Crippen molar-refractivity contribution in [3.8, 4) is 0 Å². The predicted octanol–water partition coefficient (Wildman–Crippen LogP) is 7.00. The van der Waals surface area contributed by atoms with Gasteiger partial charge in [0.15, 0.2) is 0 Å². The number of fused-ring (bicyclic) bond motifs is 2. The molecule has 0 fully saturated rings. The Kier molecular flexibility index (Phi) is 5.15. The molecule has 0 aromatic heterocycles. The van der Waals surface area contributed by atoms with Crippen molar-refractivity contribution in [2.75, 3.05) is 9.91 Å². The van der Waals surface area contributed by atoms with Crippen LogP contribution in [0, 0.1) is 0 Å². The van der Waals surface area contributed by atoms with Gasteiger partial charge in [-0.25, -0.2) is 4.90 Å². The average Bonchev–Trinajstić information content (AvgIpc) is 3.53. The molecule has 1 atom stereocenters. The van der Waals surface area contributed by atoms with E-state index in [9.17, 15) is 9.59 Å². The number of carbonyl (C=O) groups excluding carboxylic acids is 2. The second kappa shape index (κ2) is 8.82. The van der Waals surface area contributed by atoms with Crippen LogP contribution in [-0.2, 0) is 0 Å². The summed E-state index contributed by atoms with van der Waals surface area (Å²) in [7, 11) is 0. The van der Waals surface area contributed by atoms with Crippen LogP contribution in [0.15, 0.2) is 126 Å². The third-order valence-corrected chi connectivity index (χ3v) is 7.34. The van der Waals surface area contributed by atoms with E-state index in [2.05, 4.69) is 53.5 Å². The molecule has 0 bridgehead atoms. The van der Waals surface area contributed by atoms with Gasteiger partial charge in [0.05, 0.1) is 34.3 Å². The number of hydrogen-bond donors (Lipinski definition) is 0. The molecular weight excluding hydrogens is 470 g/mol. The summed E-state index contributed by atoms with van der Waals surface area (Å²) in [4.78, 5) is 27.2. The van der Waals surface area contributed by atoms with E-state index in [0.29, 0.717) is 16.8 Å². The lowest BCUT2D eigenvalue weighted by atomic mass is 9.96. The first-order valence-corrected chi connectivity index (χ1v) is 12.7. The lowest BCUT2D eigenvalue weighted by molar-refractivity contribution is 0.0926. The summed E-state index contributed by atoms with van der Waals surface area (Å²) >= 11 is 0. The lowest BCUT2D eigenvalue weighted by Gasteiger charge is -2.24. The summed E-state index contributed by atoms with van der Waals surface area (Å²) < 4.78 is 0. The van der Waals surface area contributed by atoms with E-state index in [4.69, 9.17) is 5.10 Å². The van der Waals surface area contributed by atoms with E-state index in [-0.39, 0.29) is 17.9 Å². The highest BCUT2D eigenvalue weighted by atomic mass is 16.2. The van der Waals surface area contributed by atoms with E-state index in [0.717, 1.165) is 28.9 Å². The third-order valence-electron chi connectivity index (χ3n) is 7.34. The molecule has 0 spiro atoms. The summed E-state index contributed by atoms with van der Waals surface area (Å²) in [6.07, 6.45) is 0.736. The van der Waals surface area contributed by atoms with Crippen LogP contribution >= 0.6 is 0 Å². The van der Waals surface area contributed by atoms with Gasteiger partial charge >= 0.3 is 0 Å². The molecule has 2 aliphatic rings. The average molecular weight is 494 g/mol. The highest BCUT2D eigenvalue weighted by Crippen LogP contribution is 2.38. The van der Waals surface area contributed by atoms with Crippen LogP contribution in [0.25, 0.3) is 10.8 Å². The second-order valence-corrected chi connectivity index (χ2v) is 9.59. The van der Waals surface area contributed by atoms with Gasteiger partial charge in [-0.1, -0.05) is 78.9 Å². The van der Waals surface area contributed by atoms with Crippen molar-refractivity contribution in [2.24, 2.45) is 5.10 Å². The molecule has 1 unspecified atom stereocenters. The maximum Gasteiger partial charge on any atom is 0.266 e. The van der Waals surface area contributed by atoms with Crippen molar-refractivity contribution in [1.82, 2.24) is 0 Å². The molecule has 0 saturated heterocycles. The smallest absolute Gasteiger partial charge is 0.266 e. The second-order valence-electron chi connectivity index (χ2n) is 9.59. The molecule has 2 aliphatic heterocycles. The molecule has 5 aromatic rings. The summed E-state index contributed by atoms with van der Waals surface area (Å²) in [6, 6.07) is 39.6. The van der Waals surface area contributed by atoms with E-state index < -0.39 is 0 Å². The number of rotatable bonds is 4. The number of anilines is 2. The lowest BCUT2D eigenvalue weighted by Crippen LogP contribution is -2.29. The fourth-order valence-electron chi connectivity index (χ4n) is 5.40. The van der Waals surface area contributed by atoms with Crippen molar-refractivity contribution in [3.05, 3.63) is 144 Å². The molecule has 7 rings (SSSR count). The Bertz CT molecular complexity index is 1710. The maximum absolute atomic E-state index is 13.0. The van der Waals surface area contributed by atoms with Crippen LogP contribution in [-0.4, -0.2) is 17.5 Å². The standard InChI is InChI=1S/C33H23N3O2/c37-32-28-12-6-7-13-29(28)33(38)35(32)26-18-16-23(17-19-26)31-21-30(34-36(31)27-10-2-1-3-11-27)25-15-14-22-8-4-5-9-24(22)20-25/h1-20,31H,21H2. The van der Waals surface area contributed by atoms with E-state index in [1.807, 2.05) is 48.5 Å². The number of hydrazone groups is 1. The van der Waals surface area contributed by atoms with Crippen molar-refractivity contribution < 1.29 is 9.59 Å². The Balaban J connectivity index is 1.22. The van der Waals surface area contributed by atoms with Gasteiger partial charge in [-0.15, -0.1) is 0 Å². The summed E-state index contributed by atoms with van der Waals surface area (Å²) in [5, 5.41) is 9.54. The van der Waals surface area contributed by atoms with Gasteiger partial charge in [0, 0.05) is 6.42 Å². The van der Waals surface area contributed by atoms with Gasteiger partial charge in [0.2, 0.25) is 0 Å². The van der Waals surface area contributed by atoms with Gasteiger partial charge < -0.3 is 0 Å². The highest BCUT2D eigenvalue weighted by molar-refractivity contribution is 6.34. The summed E-state index contributed by atoms with van der Waals surface area (Å²) in [6.45, 7) is 0. The van der Waals surface area contributed by atoms with Crippen LogP contribution in [0.3, 0.4) is 0 Å². The normalized spacial score (nSPS) is 16.7. The maximum atomic E-state index is 13.0. The first-order chi connectivity index (χ1) is 18.7. The number of para-hydroxylation sites is 1. The monoisotopic (exact) mass is 493 g/mol. The van der Waals surface area contributed by atoms with Gasteiger partial charge in [-0.05, 0) is 64.4 Å². The molecule has 0 N–H and O–H groups in total. The fraction of sp³-hybridized carbons (Fsp3) is 0.0606. The SMILES string of the molecule is O=C1c2ccccc2C(=O)N1c1ccc(C2CC(c3ccc4ccccc4c3)=NN2c2ccccc2)cc1. The quantitative estimate of drug-likeness (QED) is 0.253. The molecule has 2 heterocycles. The zero-order valence-corrected chi connectivity index (χ0v) is 20.5. The Morgan fingerprint density at radius 3 is 1.95 bits per heavy atom. The van der Waals surface area contributed by atoms with E-state index >= 15 is 0 Å². The molecule has 182 valence electrons. The summed E-state index contributed by atoms with van der Waals surface area (Å²) in [5.74, 6) is -0.570. The van der Waals surface area contributed by atoms with Crippen LogP contribution in [0.5, 0.6) is 0 Å². The number of nitrogens with zero attached hydrogens (tertiary/aromatic N) is 3. The molecular formula is C33H23N3O2. The topological polar surface area (TPSA) is 53.0 Å². The number of amides is 2. The van der Waals surface area contributed by atoms with E-state index in [1.165, 1.54) is 15.7 Å². The molecule has 0 radical (unpaired) electrons. The molecule has 5 nitrogen and oxygen atoms in total. The van der Waals surface area contributed by atoms with Gasteiger partial charge in [-0.2, -0.15) is 5.10 Å². The molecule has 5 heteroatoms. The number of benzene rings is 5. The number of imide groups is 1. The number of carbonyl (C=O) groups is 2. The van der Waals surface area contributed by atoms with Crippen molar-refractivity contribution in [1.29, 1.82) is 0 Å². The Hall–Kier alpha value is -5.03. The zero-order chi connectivity index (χ0) is 25.6. The minimum Gasteiger partial charge on any atom is -0.268 e. The molecule has 2 amide bonds. The molecule has 5 aromatic carbocycles. The van der Waals surface area contributed by atoms with Crippen LogP contribution < -0.4 is 9.91 Å². The number of hydrogen-bond acceptors (Lipinski definition) is 4. The zero-order valence-electron chi connectivity index (χ0n) is 20.5.